The van der Waals surface area contributed by atoms with Crippen LogP contribution in [0.15, 0.2) is 29.1 Å². The van der Waals surface area contributed by atoms with E-state index in [-0.39, 0.29) is 29.0 Å². The predicted octanol–water partition coefficient (Wildman–Crippen LogP) is 4.97. The zero-order valence-corrected chi connectivity index (χ0v) is 19.6. The molecule has 3 heterocycles. The number of H-pyrrole nitrogens is 1. The Hall–Kier alpha value is -3.17. The number of hydrogen-bond donors (Lipinski definition) is 1. The Morgan fingerprint density at radius 1 is 1.06 bits per heavy atom. The molecule has 2 aromatic heterocycles. The molecule has 0 spiro atoms. The van der Waals surface area contributed by atoms with Gasteiger partial charge in [0.25, 0.3) is 11.5 Å². The number of amides is 1. The number of hydrogen-bond acceptors (Lipinski definition) is 4. The highest BCUT2D eigenvalue weighted by molar-refractivity contribution is 5.94. The summed E-state index contributed by atoms with van der Waals surface area (Å²) in [5.74, 6) is 0.0357. The smallest absolute Gasteiger partial charge is 0.338 e. The van der Waals surface area contributed by atoms with Gasteiger partial charge in [-0.25, -0.2) is 9.67 Å². The van der Waals surface area contributed by atoms with Crippen molar-refractivity contribution in [3.63, 3.8) is 0 Å². The molecule has 2 aliphatic rings. The Bertz CT molecular complexity index is 1290. The quantitative estimate of drug-likeness (QED) is 0.565. The Morgan fingerprint density at radius 3 is 2.46 bits per heavy atom. The van der Waals surface area contributed by atoms with Crippen molar-refractivity contribution in [1.82, 2.24) is 24.6 Å². The van der Waals surface area contributed by atoms with Crippen LogP contribution in [0.2, 0.25) is 0 Å². The molecule has 1 aromatic carbocycles. The fourth-order valence-electron chi connectivity index (χ4n) is 5.37. The number of carbonyl (C=O) groups excluding carboxylic acids is 1. The van der Waals surface area contributed by atoms with E-state index in [1.807, 2.05) is 11.6 Å². The molecule has 5 rings (SSSR count). The van der Waals surface area contributed by atoms with Crippen molar-refractivity contribution in [2.24, 2.45) is 0 Å². The van der Waals surface area contributed by atoms with Crippen LogP contribution in [0.3, 0.4) is 0 Å². The Labute approximate surface area is 200 Å². The van der Waals surface area contributed by atoms with Crippen LogP contribution in [-0.2, 0) is 6.18 Å². The second-order valence-electron chi connectivity index (χ2n) is 9.64. The zero-order valence-electron chi connectivity index (χ0n) is 19.6. The molecule has 3 aromatic rings. The minimum absolute atomic E-state index is 0.172. The third-order valence-electron chi connectivity index (χ3n) is 7.23. The molecular formula is C25H28F3N5O2. The highest BCUT2D eigenvalue weighted by atomic mass is 19.4. The summed E-state index contributed by atoms with van der Waals surface area (Å²) >= 11 is 0. The van der Waals surface area contributed by atoms with Crippen LogP contribution in [0.4, 0.5) is 13.2 Å². The normalized spacial score (nSPS) is 19.9. The number of aryl methyl sites for hydroxylation is 1. The number of fused-ring (bicyclic) bond motifs is 1. The number of carbonyl (C=O) groups is 1. The highest BCUT2D eigenvalue weighted by Gasteiger charge is 2.32. The molecular weight excluding hydrogens is 459 g/mol. The van der Waals surface area contributed by atoms with Gasteiger partial charge in [0.2, 0.25) is 0 Å². The van der Waals surface area contributed by atoms with E-state index < -0.39 is 11.7 Å². The van der Waals surface area contributed by atoms with Gasteiger partial charge in [0.15, 0.2) is 5.65 Å². The minimum Gasteiger partial charge on any atom is -0.338 e. The summed E-state index contributed by atoms with van der Waals surface area (Å²) in [5.41, 5.74) is 0.454. The van der Waals surface area contributed by atoms with Gasteiger partial charge in [-0.2, -0.15) is 18.3 Å². The third kappa shape index (κ3) is 4.58. The van der Waals surface area contributed by atoms with Crippen molar-refractivity contribution >= 4 is 16.9 Å². The molecule has 2 fully saturated rings. The first kappa shape index (κ1) is 23.6. The Kier molecular flexibility index (Phi) is 6.14. The molecule has 1 unspecified atom stereocenters. The van der Waals surface area contributed by atoms with E-state index in [0.717, 1.165) is 44.2 Å². The summed E-state index contributed by atoms with van der Waals surface area (Å²) in [5, 5.41) is 5.16. The second-order valence-corrected chi connectivity index (χ2v) is 9.64. The number of halogens is 3. The molecule has 1 amide bonds. The molecule has 1 saturated carbocycles. The summed E-state index contributed by atoms with van der Waals surface area (Å²) in [6, 6.07) is 4.51. The van der Waals surface area contributed by atoms with Crippen LogP contribution < -0.4 is 5.56 Å². The van der Waals surface area contributed by atoms with E-state index in [1.54, 1.807) is 4.90 Å². The van der Waals surface area contributed by atoms with Crippen LogP contribution in [0, 0.1) is 6.92 Å². The first-order chi connectivity index (χ1) is 16.7. The standard InChI is InChI=1S/C25H28F3N5O2/c1-15-20-22(33(31-15)19-7-3-2-4-8-19)29-21(30-23(20)34)17-6-5-13-32(14-17)24(35)16-9-11-18(12-10-16)25(26,27)28/h9-12,17,19H,2-8,13-14H2,1H3,(H,29,30,34). The Morgan fingerprint density at radius 2 is 1.77 bits per heavy atom. The van der Waals surface area contributed by atoms with Gasteiger partial charge in [-0.3, -0.25) is 9.59 Å². The van der Waals surface area contributed by atoms with E-state index >= 15 is 0 Å². The van der Waals surface area contributed by atoms with E-state index in [2.05, 4.69) is 10.1 Å². The van der Waals surface area contributed by atoms with Crippen LogP contribution >= 0.6 is 0 Å². The topological polar surface area (TPSA) is 83.9 Å². The van der Waals surface area contributed by atoms with Crippen LogP contribution in [0.25, 0.3) is 11.0 Å². The molecule has 35 heavy (non-hydrogen) atoms. The summed E-state index contributed by atoms with van der Waals surface area (Å²) in [6.07, 6.45) is 2.50. The molecule has 1 atom stereocenters. The van der Waals surface area contributed by atoms with E-state index in [4.69, 9.17) is 4.98 Å². The maximum atomic E-state index is 13.0. The average Bonchev–Trinajstić information content (AvgIpc) is 3.20. The first-order valence-corrected chi connectivity index (χ1v) is 12.2. The summed E-state index contributed by atoms with van der Waals surface area (Å²) in [4.78, 5) is 35.4. The molecule has 186 valence electrons. The number of benzene rings is 1. The number of likely N-dealkylation sites (tertiary alicyclic amines) is 1. The van der Waals surface area contributed by atoms with Crippen molar-refractivity contribution < 1.29 is 18.0 Å². The van der Waals surface area contributed by atoms with Gasteiger partial charge in [0.1, 0.15) is 11.2 Å². The first-order valence-electron chi connectivity index (χ1n) is 12.2. The molecule has 10 heteroatoms. The molecule has 0 radical (unpaired) electrons. The van der Waals surface area contributed by atoms with Crippen molar-refractivity contribution in [3.05, 3.63) is 57.3 Å². The highest BCUT2D eigenvalue weighted by Crippen LogP contribution is 2.32. The summed E-state index contributed by atoms with van der Waals surface area (Å²) in [7, 11) is 0. The summed E-state index contributed by atoms with van der Waals surface area (Å²) in [6.45, 7) is 2.66. The zero-order chi connectivity index (χ0) is 24.7. The second kappa shape index (κ2) is 9.13. The monoisotopic (exact) mass is 487 g/mol. The van der Waals surface area contributed by atoms with Crippen molar-refractivity contribution in [2.45, 2.75) is 70.0 Å². The average molecular weight is 488 g/mol. The molecule has 0 bridgehead atoms. The van der Waals surface area contributed by atoms with Gasteiger partial charge in [0.05, 0.1) is 17.3 Å². The number of nitrogens with zero attached hydrogens (tertiary/aromatic N) is 4. The lowest BCUT2D eigenvalue weighted by atomic mass is 9.95. The molecule has 7 nitrogen and oxygen atoms in total. The van der Waals surface area contributed by atoms with E-state index in [9.17, 15) is 22.8 Å². The van der Waals surface area contributed by atoms with Crippen LogP contribution in [-0.4, -0.2) is 43.6 Å². The lowest BCUT2D eigenvalue weighted by Gasteiger charge is -2.32. The van der Waals surface area contributed by atoms with Crippen LogP contribution in [0.5, 0.6) is 0 Å². The van der Waals surface area contributed by atoms with Gasteiger partial charge in [-0.05, 0) is 56.9 Å². The van der Waals surface area contributed by atoms with Crippen molar-refractivity contribution in [2.75, 3.05) is 13.1 Å². The van der Waals surface area contributed by atoms with Crippen LogP contribution in [0.1, 0.15) is 84.3 Å². The molecule has 1 saturated heterocycles. The Balaban J connectivity index is 1.41. The maximum Gasteiger partial charge on any atom is 0.416 e. The molecule has 1 aliphatic heterocycles. The molecule has 1 N–H and O–H groups in total. The van der Waals surface area contributed by atoms with Gasteiger partial charge in [-0.1, -0.05) is 19.3 Å². The number of alkyl halides is 3. The largest absolute Gasteiger partial charge is 0.416 e. The lowest BCUT2D eigenvalue weighted by Crippen LogP contribution is -2.40. The third-order valence-corrected chi connectivity index (χ3v) is 7.23. The van der Waals surface area contributed by atoms with Crippen molar-refractivity contribution in [3.8, 4) is 0 Å². The molecule has 1 aliphatic carbocycles. The SMILES string of the molecule is Cc1nn(C2CCCCC2)c2nc(C3CCCN(C(=O)c4ccc(C(F)(F)F)cc4)C3)[nH]c(=O)c12. The number of aromatic nitrogens is 4. The lowest BCUT2D eigenvalue weighted by molar-refractivity contribution is -0.137. The van der Waals surface area contributed by atoms with Gasteiger partial charge >= 0.3 is 6.18 Å². The van der Waals surface area contributed by atoms with Gasteiger partial charge < -0.3 is 9.88 Å². The maximum absolute atomic E-state index is 13.0. The van der Waals surface area contributed by atoms with Gasteiger partial charge in [0, 0.05) is 24.6 Å². The van der Waals surface area contributed by atoms with Gasteiger partial charge in [-0.15, -0.1) is 0 Å². The van der Waals surface area contributed by atoms with E-state index in [0.29, 0.717) is 42.1 Å². The van der Waals surface area contributed by atoms with Crippen molar-refractivity contribution in [1.29, 1.82) is 0 Å². The minimum atomic E-state index is -4.45. The number of nitrogens with one attached hydrogen (secondary N) is 1. The fourth-order valence-corrected chi connectivity index (χ4v) is 5.37. The summed E-state index contributed by atoms with van der Waals surface area (Å²) < 4.78 is 40.5. The van der Waals surface area contributed by atoms with E-state index in [1.165, 1.54) is 18.6 Å². The number of piperidine rings is 1. The fraction of sp³-hybridized carbons (Fsp3) is 0.520. The predicted molar refractivity (Wildman–Crippen MR) is 124 cm³/mol. The number of rotatable bonds is 3. The number of aromatic amines is 1.